The van der Waals surface area contributed by atoms with Crippen molar-refractivity contribution in [3.05, 3.63) is 0 Å². The van der Waals surface area contributed by atoms with Gasteiger partial charge in [0.1, 0.15) is 0 Å². The van der Waals surface area contributed by atoms with Gasteiger partial charge in [0.2, 0.25) is 0 Å². The molecule has 1 aliphatic heterocycles. The van der Waals surface area contributed by atoms with Crippen molar-refractivity contribution in [3.63, 3.8) is 0 Å². The summed E-state index contributed by atoms with van der Waals surface area (Å²) in [5, 5.41) is 3.51. The minimum Gasteiger partial charge on any atom is -0.312 e. The van der Waals surface area contributed by atoms with Crippen molar-refractivity contribution >= 4 is 0 Å². The zero-order chi connectivity index (χ0) is 6.91. The van der Waals surface area contributed by atoms with E-state index in [-0.39, 0.29) is 0 Å². The summed E-state index contributed by atoms with van der Waals surface area (Å²) < 4.78 is 0. The maximum absolute atomic E-state index is 3.51. The van der Waals surface area contributed by atoms with Crippen LogP contribution < -0.4 is 5.32 Å². The third kappa shape index (κ3) is 1.45. The molecule has 0 radical (unpaired) electrons. The first kappa shape index (κ1) is 7.07. The van der Waals surface area contributed by atoms with Crippen molar-refractivity contribution in [3.8, 4) is 0 Å². The van der Waals surface area contributed by atoms with Crippen molar-refractivity contribution in [2.45, 2.75) is 39.2 Å². The van der Waals surface area contributed by atoms with Crippen molar-refractivity contribution in [1.29, 1.82) is 0 Å². The minimum atomic E-state index is 0.387. The molecule has 54 valence electrons. The molecule has 1 aliphatic rings. The Kier molecular flexibility index (Phi) is 1.80. The number of rotatable bonds is 0. The molecule has 1 heterocycles. The van der Waals surface area contributed by atoms with Gasteiger partial charge in [0.25, 0.3) is 0 Å². The molecule has 1 rings (SSSR count). The van der Waals surface area contributed by atoms with Gasteiger partial charge in [0.15, 0.2) is 0 Å². The lowest BCUT2D eigenvalue weighted by Crippen LogP contribution is -2.48. The molecule has 0 aromatic heterocycles. The summed E-state index contributed by atoms with van der Waals surface area (Å²) in [5.74, 6) is 0.839. The lowest BCUT2D eigenvalue weighted by atomic mass is 9.82. The number of hydrogen-bond donors (Lipinski definition) is 1. The molecule has 1 N–H and O–H groups in total. The molecule has 0 saturated carbocycles. The minimum absolute atomic E-state index is 0.387. The molecule has 1 saturated heterocycles. The fraction of sp³-hybridized carbons (Fsp3) is 1.00. The molecule has 0 spiro atoms. The second kappa shape index (κ2) is 2.30. The van der Waals surface area contributed by atoms with E-state index in [0.717, 1.165) is 5.92 Å². The van der Waals surface area contributed by atoms with Gasteiger partial charge < -0.3 is 5.32 Å². The Balaban J connectivity index is 2.49. The zero-order valence-electron chi connectivity index (χ0n) is 6.70. The Morgan fingerprint density at radius 3 is 2.44 bits per heavy atom. The largest absolute Gasteiger partial charge is 0.312 e. The van der Waals surface area contributed by atoms with E-state index in [4.69, 9.17) is 0 Å². The molecule has 0 aliphatic carbocycles. The summed E-state index contributed by atoms with van der Waals surface area (Å²) in [7, 11) is 0. The maximum Gasteiger partial charge on any atom is 0.0150 e. The molecule has 0 aromatic carbocycles. The van der Waals surface area contributed by atoms with E-state index < -0.39 is 0 Å². The molecule has 1 unspecified atom stereocenters. The summed E-state index contributed by atoms with van der Waals surface area (Å²) >= 11 is 0. The molecule has 0 bridgehead atoms. The molecule has 1 heteroatoms. The third-order valence-corrected chi connectivity index (χ3v) is 2.63. The van der Waals surface area contributed by atoms with Gasteiger partial charge in [-0.2, -0.15) is 0 Å². The molecule has 0 amide bonds. The number of piperidine rings is 1. The summed E-state index contributed by atoms with van der Waals surface area (Å²) in [6.45, 7) is 8.11. The summed E-state index contributed by atoms with van der Waals surface area (Å²) in [5.41, 5.74) is 0.387. The van der Waals surface area contributed by atoms with E-state index in [1.807, 2.05) is 0 Å². The smallest absolute Gasteiger partial charge is 0.0150 e. The molecule has 9 heavy (non-hydrogen) atoms. The van der Waals surface area contributed by atoms with Crippen LogP contribution in [0.25, 0.3) is 0 Å². The molecular weight excluding hydrogens is 110 g/mol. The highest BCUT2D eigenvalue weighted by molar-refractivity contribution is 4.86. The van der Waals surface area contributed by atoms with E-state index in [1.165, 1.54) is 19.4 Å². The normalized spacial score (nSPS) is 34.3. The Morgan fingerprint density at radius 1 is 1.44 bits per heavy atom. The number of hydrogen-bond acceptors (Lipinski definition) is 1. The monoisotopic (exact) mass is 127 g/mol. The standard InChI is InChI=1S/C8H17N/c1-7-5-4-6-9-8(7,2)3/h7,9H,4-6H2,1-3H3. The summed E-state index contributed by atoms with van der Waals surface area (Å²) in [6.07, 6.45) is 2.74. The lowest BCUT2D eigenvalue weighted by Gasteiger charge is -2.37. The summed E-state index contributed by atoms with van der Waals surface area (Å²) in [4.78, 5) is 0. The van der Waals surface area contributed by atoms with E-state index in [1.54, 1.807) is 0 Å². The fourth-order valence-electron chi connectivity index (χ4n) is 1.35. The average molecular weight is 127 g/mol. The Hall–Kier alpha value is -0.0400. The van der Waals surface area contributed by atoms with Crippen LogP contribution in [0.4, 0.5) is 0 Å². The van der Waals surface area contributed by atoms with Crippen molar-refractivity contribution in [1.82, 2.24) is 5.32 Å². The highest BCUT2D eigenvalue weighted by atomic mass is 15.0. The average Bonchev–Trinajstić information content (AvgIpc) is 1.77. The molecule has 1 atom stereocenters. The second-order valence-electron chi connectivity index (χ2n) is 3.69. The highest BCUT2D eigenvalue weighted by Crippen LogP contribution is 2.24. The van der Waals surface area contributed by atoms with Crippen molar-refractivity contribution in [2.24, 2.45) is 5.92 Å². The summed E-state index contributed by atoms with van der Waals surface area (Å²) in [6, 6.07) is 0. The van der Waals surface area contributed by atoms with Crippen molar-refractivity contribution in [2.75, 3.05) is 6.54 Å². The van der Waals surface area contributed by atoms with Crippen LogP contribution in [0.3, 0.4) is 0 Å². The predicted molar refractivity (Wildman–Crippen MR) is 40.5 cm³/mol. The van der Waals surface area contributed by atoms with Gasteiger partial charge in [0, 0.05) is 5.54 Å². The number of nitrogens with one attached hydrogen (secondary N) is 1. The fourth-order valence-corrected chi connectivity index (χ4v) is 1.35. The first-order valence-electron chi connectivity index (χ1n) is 3.88. The van der Waals surface area contributed by atoms with Gasteiger partial charge >= 0.3 is 0 Å². The van der Waals surface area contributed by atoms with Gasteiger partial charge in [-0.15, -0.1) is 0 Å². The van der Waals surface area contributed by atoms with E-state index in [0.29, 0.717) is 5.54 Å². The van der Waals surface area contributed by atoms with Gasteiger partial charge in [-0.3, -0.25) is 0 Å². The quantitative estimate of drug-likeness (QED) is 0.523. The maximum atomic E-state index is 3.51. The molecule has 1 nitrogen and oxygen atoms in total. The van der Waals surface area contributed by atoms with Crippen LogP contribution >= 0.6 is 0 Å². The zero-order valence-corrected chi connectivity index (χ0v) is 6.70. The van der Waals surface area contributed by atoms with Gasteiger partial charge in [-0.1, -0.05) is 6.92 Å². The molecular formula is C8H17N. The van der Waals surface area contributed by atoms with Crippen LogP contribution in [0.5, 0.6) is 0 Å². The van der Waals surface area contributed by atoms with Crippen LogP contribution in [0.2, 0.25) is 0 Å². The van der Waals surface area contributed by atoms with Crippen LogP contribution in [0.15, 0.2) is 0 Å². The lowest BCUT2D eigenvalue weighted by molar-refractivity contribution is 0.212. The Labute approximate surface area is 57.8 Å². The van der Waals surface area contributed by atoms with Gasteiger partial charge in [-0.25, -0.2) is 0 Å². The van der Waals surface area contributed by atoms with Crippen LogP contribution in [0.1, 0.15) is 33.6 Å². The predicted octanol–water partition coefficient (Wildman–Crippen LogP) is 1.78. The molecule has 0 aromatic rings. The van der Waals surface area contributed by atoms with Crippen molar-refractivity contribution < 1.29 is 0 Å². The Morgan fingerprint density at radius 2 is 2.11 bits per heavy atom. The topological polar surface area (TPSA) is 12.0 Å². The second-order valence-corrected chi connectivity index (χ2v) is 3.69. The van der Waals surface area contributed by atoms with Gasteiger partial charge in [-0.05, 0) is 39.2 Å². The highest BCUT2D eigenvalue weighted by Gasteiger charge is 2.27. The van der Waals surface area contributed by atoms with E-state index >= 15 is 0 Å². The van der Waals surface area contributed by atoms with Gasteiger partial charge in [0.05, 0.1) is 0 Å². The first-order chi connectivity index (χ1) is 4.13. The van der Waals surface area contributed by atoms with Crippen LogP contribution in [0, 0.1) is 5.92 Å². The SMILES string of the molecule is CC1CCCNC1(C)C. The molecule has 1 fully saturated rings. The first-order valence-corrected chi connectivity index (χ1v) is 3.88. The van der Waals surface area contributed by atoms with E-state index in [2.05, 4.69) is 26.1 Å². The van der Waals surface area contributed by atoms with E-state index in [9.17, 15) is 0 Å². The van der Waals surface area contributed by atoms with Crippen LogP contribution in [-0.2, 0) is 0 Å². The Bertz CT molecular complexity index is 96.7. The van der Waals surface area contributed by atoms with Crippen LogP contribution in [-0.4, -0.2) is 12.1 Å². The third-order valence-electron chi connectivity index (χ3n) is 2.63.